The van der Waals surface area contributed by atoms with Gasteiger partial charge in [-0.25, -0.2) is 0 Å². The van der Waals surface area contributed by atoms with E-state index in [1.54, 1.807) is 19.3 Å². The number of ether oxygens (including phenoxy) is 1. The molecule has 1 N–H and O–H groups in total. The van der Waals surface area contributed by atoms with E-state index < -0.39 is 5.97 Å². The van der Waals surface area contributed by atoms with Crippen LogP contribution in [-0.2, 0) is 15.0 Å². The van der Waals surface area contributed by atoms with E-state index in [4.69, 9.17) is 4.74 Å². The van der Waals surface area contributed by atoms with E-state index in [1.807, 2.05) is 24.3 Å². The summed E-state index contributed by atoms with van der Waals surface area (Å²) in [7, 11) is 1.60. The summed E-state index contributed by atoms with van der Waals surface area (Å²) in [6, 6.07) is 7.65. The minimum atomic E-state index is -1.23. The second-order valence-electron chi connectivity index (χ2n) is 5.64. The maximum atomic E-state index is 11.9. The minimum absolute atomic E-state index is 0.0940. The molecule has 0 bridgehead atoms. The summed E-state index contributed by atoms with van der Waals surface area (Å²) < 4.78 is 5.18. The van der Waals surface area contributed by atoms with Crippen molar-refractivity contribution in [2.75, 3.05) is 13.7 Å². The first-order valence-electron chi connectivity index (χ1n) is 7.80. The number of amides is 1. The molecule has 0 aliphatic carbocycles. The number of rotatable bonds is 11. The third kappa shape index (κ3) is 5.57. The molecule has 0 heterocycles. The molecule has 0 fully saturated rings. The van der Waals surface area contributed by atoms with E-state index in [1.165, 1.54) is 0 Å². The second-order valence-corrected chi connectivity index (χ2v) is 5.64. The number of benzene rings is 1. The number of carboxylic acids is 1. The zero-order chi connectivity index (χ0) is 18.0. The van der Waals surface area contributed by atoms with Crippen molar-refractivity contribution < 1.29 is 19.4 Å². The van der Waals surface area contributed by atoms with Crippen molar-refractivity contribution in [2.24, 2.45) is 0 Å². The predicted molar refractivity (Wildman–Crippen MR) is 91.6 cm³/mol. The van der Waals surface area contributed by atoms with E-state index in [0.29, 0.717) is 19.4 Å². The molecule has 1 rings (SSSR count). The van der Waals surface area contributed by atoms with Gasteiger partial charge < -0.3 is 20.0 Å². The molecule has 1 amide bonds. The lowest BCUT2D eigenvalue weighted by Gasteiger charge is -2.33. The molecule has 0 atom stereocenters. The molecule has 0 saturated carbocycles. The summed E-state index contributed by atoms with van der Waals surface area (Å²) in [6.07, 6.45) is 4.52. The van der Waals surface area contributed by atoms with Gasteiger partial charge in [0.2, 0.25) is 5.91 Å². The highest BCUT2D eigenvalue weighted by molar-refractivity contribution is 5.80. The largest absolute Gasteiger partial charge is 0.550 e. The van der Waals surface area contributed by atoms with Crippen LogP contribution in [0.15, 0.2) is 49.6 Å². The van der Waals surface area contributed by atoms with Crippen LogP contribution in [-0.4, -0.2) is 25.5 Å². The van der Waals surface area contributed by atoms with Crippen LogP contribution in [0.3, 0.4) is 0 Å². The molecule has 0 spiro atoms. The van der Waals surface area contributed by atoms with E-state index in [-0.39, 0.29) is 24.2 Å². The molecule has 0 aliphatic heterocycles. The van der Waals surface area contributed by atoms with E-state index in [0.717, 1.165) is 11.3 Å². The predicted octanol–water partition coefficient (Wildman–Crippen LogP) is 1.73. The highest BCUT2D eigenvalue weighted by Crippen LogP contribution is 2.33. The van der Waals surface area contributed by atoms with Crippen molar-refractivity contribution >= 4 is 11.9 Å². The first-order valence-corrected chi connectivity index (χ1v) is 7.80. The number of nitrogens with one attached hydrogen (secondary N) is 1. The number of aliphatic carboxylic acids is 1. The molecule has 0 saturated heterocycles. The van der Waals surface area contributed by atoms with E-state index in [9.17, 15) is 14.7 Å². The Morgan fingerprint density at radius 2 is 1.75 bits per heavy atom. The van der Waals surface area contributed by atoms with Crippen LogP contribution >= 0.6 is 0 Å². The van der Waals surface area contributed by atoms with Gasteiger partial charge in [-0.3, -0.25) is 4.79 Å². The quantitative estimate of drug-likeness (QED) is 0.627. The van der Waals surface area contributed by atoms with Crippen LogP contribution < -0.4 is 15.2 Å². The van der Waals surface area contributed by atoms with Gasteiger partial charge in [-0.05, 0) is 37.0 Å². The average Bonchev–Trinajstić information content (AvgIpc) is 2.58. The molecule has 0 aliphatic rings. The van der Waals surface area contributed by atoms with Gasteiger partial charge >= 0.3 is 0 Å². The molecule has 5 nitrogen and oxygen atoms in total. The standard InChI is InChI=1S/C19H25NO4/c1-4-12-19(13-5-2,14-20-17(21)10-11-18(22)23)15-6-8-16(24-3)9-7-15/h4-9H,1-2,10-14H2,3H3,(H,20,21)(H,22,23)/p-1. The van der Waals surface area contributed by atoms with Crippen molar-refractivity contribution in [1.29, 1.82) is 0 Å². The Morgan fingerprint density at radius 3 is 2.21 bits per heavy atom. The summed E-state index contributed by atoms with van der Waals surface area (Å²) in [6.45, 7) is 8.00. The molecular weight excluding hydrogens is 306 g/mol. The van der Waals surface area contributed by atoms with Crippen LogP contribution in [0, 0.1) is 0 Å². The number of carbonyl (C=O) groups excluding carboxylic acids is 2. The zero-order valence-electron chi connectivity index (χ0n) is 14.0. The fourth-order valence-electron chi connectivity index (χ4n) is 2.63. The van der Waals surface area contributed by atoms with Crippen LogP contribution in [0.25, 0.3) is 0 Å². The number of carboxylic acid groups (broad SMARTS) is 1. The van der Waals surface area contributed by atoms with Gasteiger partial charge in [-0.15, -0.1) is 13.2 Å². The molecule has 0 aromatic heterocycles. The summed E-state index contributed by atoms with van der Waals surface area (Å²) in [5.41, 5.74) is 0.649. The molecule has 1 aromatic rings. The van der Waals surface area contributed by atoms with Gasteiger partial charge in [0.25, 0.3) is 0 Å². The van der Waals surface area contributed by atoms with Crippen LogP contribution in [0.1, 0.15) is 31.2 Å². The Balaban J connectivity index is 2.95. The molecule has 5 heteroatoms. The molecule has 24 heavy (non-hydrogen) atoms. The Hall–Kier alpha value is -2.56. The van der Waals surface area contributed by atoms with Gasteiger partial charge in [0.15, 0.2) is 0 Å². The van der Waals surface area contributed by atoms with Gasteiger partial charge in [-0.2, -0.15) is 0 Å². The Kier molecular flexibility index (Phi) is 7.75. The maximum absolute atomic E-state index is 11.9. The zero-order valence-corrected chi connectivity index (χ0v) is 14.0. The van der Waals surface area contributed by atoms with Gasteiger partial charge in [0.05, 0.1) is 7.11 Å². The molecule has 0 unspecified atom stereocenters. The normalized spacial score (nSPS) is 10.7. The van der Waals surface area contributed by atoms with Crippen LogP contribution in [0.5, 0.6) is 5.75 Å². The average molecular weight is 330 g/mol. The molecular formula is C19H24NO4-. The lowest BCUT2D eigenvalue weighted by molar-refractivity contribution is -0.305. The Labute approximate surface area is 143 Å². The van der Waals surface area contributed by atoms with Crippen LogP contribution in [0.4, 0.5) is 0 Å². The first-order chi connectivity index (χ1) is 11.5. The summed E-state index contributed by atoms with van der Waals surface area (Å²) >= 11 is 0. The van der Waals surface area contributed by atoms with Gasteiger partial charge in [-0.1, -0.05) is 24.3 Å². The van der Waals surface area contributed by atoms with Crippen molar-refractivity contribution in [3.8, 4) is 5.75 Å². The lowest BCUT2D eigenvalue weighted by Crippen LogP contribution is -2.40. The number of hydrogen-bond acceptors (Lipinski definition) is 4. The lowest BCUT2D eigenvalue weighted by atomic mass is 9.74. The van der Waals surface area contributed by atoms with Gasteiger partial charge in [0.1, 0.15) is 5.75 Å². The first kappa shape index (κ1) is 19.5. The van der Waals surface area contributed by atoms with Crippen molar-refractivity contribution in [1.82, 2.24) is 5.32 Å². The van der Waals surface area contributed by atoms with E-state index in [2.05, 4.69) is 18.5 Å². The number of methoxy groups -OCH3 is 1. The third-order valence-corrected chi connectivity index (χ3v) is 3.95. The fourth-order valence-corrected chi connectivity index (χ4v) is 2.63. The molecule has 1 aromatic carbocycles. The van der Waals surface area contributed by atoms with Gasteiger partial charge in [0, 0.05) is 24.3 Å². The number of hydrogen-bond donors (Lipinski definition) is 1. The van der Waals surface area contributed by atoms with Crippen molar-refractivity contribution in [3.63, 3.8) is 0 Å². The Bertz CT molecular complexity index is 568. The number of carbonyl (C=O) groups is 2. The summed E-state index contributed by atoms with van der Waals surface area (Å²) in [5, 5.41) is 13.3. The van der Waals surface area contributed by atoms with Crippen molar-refractivity contribution in [2.45, 2.75) is 31.1 Å². The SMILES string of the molecule is C=CCC(CC=C)(CNC(=O)CCC(=O)[O-])c1ccc(OC)cc1. The fraction of sp³-hybridized carbons (Fsp3) is 0.368. The Morgan fingerprint density at radius 1 is 1.17 bits per heavy atom. The monoisotopic (exact) mass is 330 g/mol. The van der Waals surface area contributed by atoms with E-state index >= 15 is 0 Å². The minimum Gasteiger partial charge on any atom is -0.550 e. The van der Waals surface area contributed by atoms with Crippen molar-refractivity contribution in [3.05, 3.63) is 55.1 Å². The highest BCUT2D eigenvalue weighted by Gasteiger charge is 2.30. The van der Waals surface area contributed by atoms with Crippen LogP contribution in [0.2, 0.25) is 0 Å². The topological polar surface area (TPSA) is 78.5 Å². The second kappa shape index (κ2) is 9.55. The third-order valence-electron chi connectivity index (χ3n) is 3.95. The summed E-state index contributed by atoms with van der Waals surface area (Å²) in [5.74, 6) is -0.795. The molecule has 130 valence electrons. The smallest absolute Gasteiger partial charge is 0.220 e. The maximum Gasteiger partial charge on any atom is 0.220 e. The highest BCUT2D eigenvalue weighted by atomic mass is 16.5. The summed E-state index contributed by atoms with van der Waals surface area (Å²) in [4.78, 5) is 22.3. The molecule has 0 radical (unpaired) electrons. The number of allylic oxidation sites excluding steroid dienone is 2.